The molecule has 0 N–H and O–H groups in total. The van der Waals surface area contributed by atoms with Crippen molar-refractivity contribution in [3.8, 4) is 0 Å². The van der Waals surface area contributed by atoms with Crippen LogP contribution in [0.15, 0.2) is 23.8 Å². The Morgan fingerprint density at radius 3 is 2.55 bits per heavy atom. The lowest BCUT2D eigenvalue weighted by Crippen LogP contribution is -2.25. The number of hydrogen-bond acceptors (Lipinski definition) is 0. The van der Waals surface area contributed by atoms with E-state index in [9.17, 15) is 0 Å². The zero-order valence-corrected chi connectivity index (χ0v) is 8.02. The predicted octanol–water partition coefficient (Wildman–Crippen LogP) is 3.55. The van der Waals surface area contributed by atoms with Crippen LogP contribution in [0, 0.1) is 11.3 Å². The molecule has 0 radical (unpaired) electrons. The van der Waals surface area contributed by atoms with Gasteiger partial charge in [-0.2, -0.15) is 0 Å². The van der Waals surface area contributed by atoms with Gasteiger partial charge in [-0.1, -0.05) is 44.6 Å². The van der Waals surface area contributed by atoms with E-state index in [1.807, 2.05) is 0 Å². The van der Waals surface area contributed by atoms with Crippen LogP contribution in [0.4, 0.5) is 0 Å². The first kappa shape index (κ1) is 8.58. The van der Waals surface area contributed by atoms with E-state index in [4.69, 9.17) is 0 Å². The van der Waals surface area contributed by atoms with Crippen molar-refractivity contribution >= 4 is 0 Å². The fourth-order valence-corrected chi connectivity index (χ4v) is 1.73. The molecule has 0 saturated carbocycles. The molecule has 0 nitrogen and oxygen atoms in total. The van der Waals surface area contributed by atoms with Gasteiger partial charge >= 0.3 is 0 Å². The second-order valence-electron chi connectivity index (χ2n) is 3.97. The third-order valence-corrected chi connectivity index (χ3v) is 3.07. The van der Waals surface area contributed by atoms with Crippen molar-refractivity contribution in [3.05, 3.63) is 23.8 Å². The molecule has 0 saturated heterocycles. The van der Waals surface area contributed by atoms with E-state index < -0.39 is 0 Å². The summed E-state index contributed by atoms with van der Waals surface area (Å²) in [4.78, 5) is 0. The van der Waals surface area contributed by atoms with Crippen LogP contribution in [0.2, 0.25) is 0 Å². The summed E-state index contributed by atoms with van der Waals surface area (Å²) in [6.07, 6.45) is 7.99. The van der Waals surface area contributed by atoms with Crippen molar-refractivity contribution in [2.75, 3.05) is 0 Å². The van der Waals surface area contributed by atoms with Gasteiger partial charge in [-0.15, -0.1) is 0 Å². The van der Waals surface area contributed by atoms with E-state index in [-0.39, 0.29) is 0 Å². The Bertz CT molecular complexity index is 194. The summed E-state index contributed by atoms with van der Waals surface area (Å²) >= 11 is 0. The molecule has 1 unspecified atom stereocenters. The monoisotopic (exact) mass is 150 g/mol. The Hall–Kier alpha value is -0.520. The van der Waals surface area contributed by atoms with Crippen molar-refractivity contribution in [3.63, 3.8) is 0 Å². The van der Waals surface area contributed by atoms with Gasteiger partial charge in [0.15, 0.2) is 0 Å². The molecule has 0 heterocycles. The maximum atomic E-state index is 2.33. The molecule has 0 aromatic rings. The summed E-state index contributed by atoms with van der Waals surface area (Å²) in [6, 6.07) is 0. The average molecular weight is 150 g/mol. The molecule has 1 aliphatic carbocycles. The van der Waals surface area contributed by atoms with Gasteiger partial charge in [-0.25, -0.2) is 0 Å². The highest BCUT2D eigenvalue weighted by Crippen LogP contribution is 2.39. The minimum Gasteiger partial charge on any atom is -0.0806 e. The van der Waals surface area contributed by atoms with Gasteiger partial charge in [-0.05, 0) is 24.7 Å². The summed E-state index contributed by atoms with van der Waals surface area (Å²) in [5.41, 5.74) is 1.88. The maximum Gasteiger partial charge on any atom is -0.00816 e. The molecule has 0 bridgehead atoms. The van der Waals surface area contributed by atoms with Crippen LogP contribution < -0.4 is 0 Å². The first-order chi connectivity index (χ1) is 5.09. The van der Waals surface area contributed by atoms with E-state index in [2.05, 4.69) is 45.9 Å². The van der Waals surface area contributed by atoms with E-state index >= 15 is 0 Å². The molecule has 0 aliphatic heterocycles. The van der Waals surface area contributed by atoms with Gasteiger partial charge in [0.05, 0.1) is 0 Å². The minimum absolute atomic E-state index is 0.378. The Morgan fingerprint density at radius 2 is 2.09 bits per heavy atom. The van der Waals surface area contributed by atoms with Crippen LogP contribution in [-0.2, 0) is 0 Å². The van der Waals surface area contributed by atoms with Gasteiger partial charge in [0.25, 0.3) is 0 Å². The Balaban J connectivity index is 2.89. The van der Waals surface area contributed by atoms with Crippen molar-refractivity contribution < 1.29 is 0 Å². The largest absolute Gasteiger partial charge is 0.0806 e. The SMILES string of the molecule is CCC1C=CC=C(C)C1(C)C. The predicted molar refractivity (Wildman–Crippen MR) is 50.5 cm³/mol. The van der Waals surface area contributed by atoms with Crippen LogP contribution in [0.25, 0.3) is 0 Å². The van der Waals surface area contributed by atoms with E-state index in [0.29, 0.717) is 5.41 Å². The molecule has 1 aliphatic rings. The van der Waals surface area contributed by atoms with Gasteiger partial charge in [-0.3, -0.25) is 0 Å². The zero-order chi connectivity index (χ0) is 8.48. The second-order valence-corrected chi connectivity index (χ2v) is 3.97. The topological polar surface area (TPSA) is 0 Å². The summed E-state index contributed by atoms with van der Waals surface area (Å²) in [7, 11) is 0. The lowest BCUT2D eigenvalue weighted by atomic mass is 9.70. The lowest BCUT2D eigenvalue weighted by Gasteiger charge is -2.35. The molecule has 0 aromatic carbocycles. The molecular weight excluding hydrogens is 132 g/mol. The van der Waals surface area contributed by atoms with Crippen molar-refractivity contribution in [1.82, 2.24) is 0 Å². The molecule has 1 rings (SSSR count). The molecule has 0 aromatic heterocycles. The minimum atomic E-state index is 0.378. The number of hydrogen-bond donors (Lipinski definition) is 0. The molecule has 11 heavy (non-hydrogen) atoms. The summed E-state index contributed by atoms with van der Waals surface area (Å²) in [5, 5.41) is 0. The molecular formula is C11H18. The molecule has 0 heteroatoms. The first-order valence-corrected chi connectivity index (χ1v) is 4.44. The third-order valence-electron chi connectivity index (χ3n) is 3.07. The first-order valence-electron chi connectivity index (χ1n) is 4.44. The van der Waals surface area contributed by atoms with Crippen LogP contribution >= 0.6 is 0 Å². The molecule has 0 fully saturated rings. The number of allylic oxidation sites excluding steroid dienone is 4. The third kappa shape index (κ3) is 1.40. The van der Waals surface area contributed by atoms with Gasteiger partial charge in [0, 0.05) is 0 Å². The Kier molecular flexibility index (Phi) is 2.22. The van der Waals surface area contributed by atoms with Gasteiger partial charge in [0.1, 0.15) is 0 Å². The van der Waals surface area contributed by atoms with Gasteiger partial charge < -0.3 is 0 Å². The normalized spacial score (nSPS) is 28.4. The van der Waals surface area contributed by atoms with Crippen LogP contribution in [0.5, 0.6) is 0 Å². The summed E-state index contributed by atoms with van der Waals surface area (Å²) in [5.74, 6) is 0.729. The van der Waals surface area contributed by atoms with Crippen LogP contribution in [-0.4, -0.2) is 0 Å². The quantitative estimate of drug-likeness (QED) is 0.536. The Morgan fingerprint density at radius 1 is 1.45 bits per heavy atom. The molecule has 62 valence electrons. The van der Waals surface area contributed by atoms with Crippen molar-refractivity contribution in [2.24, 2.45) is 11.3 Å². The summed E-state index contributed by atoms with van der Waals surface area (Å²) < 4.78 is 0. The highest BCUT2D eigenvalue weighted by Gasteiger charge is 2.29. The average Bonchev–Trinajstić information content (AvgIpc) is 1.95. The van der Waals surface area contributed by atoms with Crippen LogP contribution in [0.3, 0.4) is 0 Å². The van der Waals surface area contributed by atoms with Crippen LogP contribution in [0.1, 0.15) is 34.1 Å². The van der Waals surface area contributed by atoms with E-state index in [1.54, 1.807) is 0 Å². The van der Waals surface area contributed by atoms with E-state index in [1.165, 1.54) is 12.0 Å². The highest BCUT2D eigenvalue weighted by molar-refractivity contribution is 5.25. The Labute approximate surface area is 70.0 Å². The molecule has 0 amide bonds. The molecule has 1 atom stereocenters. The fourth-order valence-electron chi connectivity index (χ4n) is 1.73. The summed E-state index contributed by atoms with van der Waals surface area (Å²) in [6.45, 7) is 9.15. The fraction of sp³-hybridized carbons (Fsp3) is 0.636. The van der Waals surface area contributed by atoms with Crippen molar-refractivity contribution in [2.45, 2.75) is 34.1 Å². The second kappa shape index (κ2) is 2.84. The standard InChI is InChI=1S/C11H18/c1-5-10-8-6-7-9(2)11(10,3)4/h6-8,10H,5H2,1-4H3. The number of rotatable bonds is 1. The highest BCUT2D eigenvalue weighted by atomic mass is 14.3. The lowest BCUT2D eigenvalue weighted by molar-refractivity contribution is 0.307. The zero-order valence-electron chi connectivity index (χ0n) is 8.02. The smallest absolute Gasteiger partial charge is 0.00816 e. The van der Waals surface area contributed by atoms with E-state index in [0.717, 1.165) is 5.92 Å². The molecule has 0 spiro atoms. The van der Waals surface area contributed by atoms with Crippen molar-refractivity contribution in [1.29, 1.82) is 0 Å². The van der Waals surface area contributed by atoms with Gasteiger partial charge in [0.2, 0.25) is 0 Å². The maximum absolute atomic E-state index is 2.33.